The predicted molar refractivity (Wildman–Crippen MR) is 94.4 cm³/mol. The van der Waals surface area contributed by atoms with E-state index < -0.39 is 10.8 Å². The van der Waals surface area contributed by atoms with E-state index in [0.29, 0.717) is 11.5 Å². The summed E-state index contributed by atoms with van der Waals surface area (Å²) in [6.07, 6.45) is 0. The van der Waals surface area contributed by atoms with Crippen LogP contribution in [-0.4, -0.2) is 24.5 Å². The number of non-ortho nitro benzene ring substituents is 1. The summed E-state index contributed by atoms with van der Waals surface area (Å²) in [6, 6.07) is 7.86. The predicted octanol–water partition coefficient (Wildman–Crippen LogP) is 3.55. The fourth-order valence-electron chi connectivity index (χ4n) is 2.33. The van der Waals surface area contributed by atoms with Gasteiger partial charge in [-0.1, -0.05) is 6.07 Å². The van der Waals surface area contributed by atoms with Crippen LogP contribution >= 0.6 is 0 Å². The molecular weight excluding hydrogens is 324 g/mol. The number of ether oxygens (including phenoxy) is 2. The molecule has 7 heteroatoms. The number of nitrogens with one attached hydrogen (secondary N) is 1. The molecule has 0 heterocycles. The van der Waals surface area contributed by atoms with Gasteiger partial charge >= 0.3 is 0 Å². The maximum Gasteiger partial charge on any atom is 0.271 e. The largest absolute Gasteiger partial charge is 0.495 e. The number of hydrogen-bond donors (Lipinski definition) is 1. The Bertz CT molecular complexity index is 817. The second kappa shape index (κ2) is 7.65. The molecule has 7 nitrogen and oxygen atoms in total. The van der Waals surface area contributed by atoms with Gasteiger partial charge in [0, 0.05) is 12.1 Å². The van der Waals surface area contributed by atoms with E-state index in [2.05, 4.69) is 5.32 Å². The molecule has 2 rings (SSSR count). The zero-order chi connectivity index (χ0) is 18.6. The molecule has 0 bridgehead atoms. The van der Waals surface area contributed by atoms with Crippen molar-refractivity contribution in [2.75, 3.05) is 19.0 Å². The van der Waals surface area contributed by atoms with Crippen LogP contribution in [0.4, 0.5) is 11.4 Å². The number of nitrogens with zero attached hydrogens (tertiary/aromatic N) is 1. The van der Waals surface area contributed by atoms with Crippen LogP contribution in [0.2, 0.25) is 0 Å². The van der Waals surface area contributed by atoms with Gasteiger partial charge in [-0.15, -0.1) is 0 Å². The van der Waals surface area contributed by atoms with Crippen molar-refractivity contribution < 1.29 is 19.2 Å². The van der Waals surface area contributed by atoms with Gasteiger partial charge in [0.2, 0.25) is 0 Å². The Labute approximate surface area is 145 Å². The molecule has 0 aliphatic heterocycles. The Balaban J connectivity index is 2.09. The van der Waals surface area contributed by atoms with Crippen molar-refractivity contribution in [1.82, 2.24) is 0 Å². The first-order valence-electron chi connectivity index (χ1n) is 7.64. The van der Waals surface area contributed by atoms with Crippen molar-refractivity contribution in [2.45, 2.75) is 20.8 Å². The Kier molecular flexibility index (Phi) is 5.59. The molecule has 0 spiro atoms. The highest BCUT2D eigenvalue weighted by Gasteiger charge is 2.14. The second-order valence-corrected chi connectivity index (χ2v) is 5.68. The Morgan fingerprint density at radius 3 is 2.40 bits per heavy atom. The van der Waals surface area contributed by atoms with Gasteiger partial charge in [0.05, 0.1) is 17.7 Å². The Morgan fingerprint density at radius 1 is 1.08 bits per heavy atom. The lowest BCUT2D eigenvalue weighted by Crippen LogP contribution is -2.21. The number of aryl methyl sites for hydroxylation is 3. The number of amides is 1. The SMILES string of the molecule is COc1ccc([N+](=O)[O-])cc1NC(=O)COc1cc(C)c(C)cc1C. The lowest BCUT2D eigenvalue weighted by Gasteiger charge is -2.13. The Morgan fingerprint density at radius 2 is 1.76 bits per heavy atom. The van der Waals surface area contributed by atoms with Crippen molar-refractivity contribution in [2.24, 2.45) is 0 Å². The summed E-state index contributed by atoms with van der Waals surface area (Å²) >= 11 is 0. The molecule has 2 aromatic carbocycles. The van der Waals surface area contributed by atoms with E-state index in [9.17, 15) is 14.9 Å². The van der Waals surface area contributed by atoms with Crippen LogP contribution in [0.15, 0.2) is 30.3 Å². The maximum atomic E-state index is 12.1. The minimum atomic E-state index is -0.538. The van der Waals surface area contributed by atoms with Crippen LogP contribution in [0.3, 0.4) is 0 Å². The molecule has 0 unspecified atom stereocenters. The molecule has 2 aromatic rings. The number of rotatable bonds is 6. The van der Waals surface area contributed by atoms with Gasteiger partial charge < -0.3 is 14.8 Å². The first kappa shape index (κ1) is 18.3. The molecule has 0 saturated carbocycles. The molecule has 0 radical (unpaired) electrons. The van der Waals surface area contributed by atoms with Crippen LogP contribution < -0.4 is 14.8 Å². The smallest absolute Gasteiger partial charge is 0.271 e. The topological polar surface area (TPSA) is 90.7 Å². The summed E-state index contributed by atoms with van der Waals surface area (Å²) in [7, 11) is 1.42. The van der Waals surface area contributed by atoms with Crippen molar-refractivity contribution in [3.8, 4) is 11.5 Å². The molecule has 25 heavy (non-hydrogen) atoms. The standard InChI is InChI=1S/C18H20N2O5/c1-11-7-13(3)17(8-12(11)2)25-10-18(21)19-15-9-14(20(22)23)5-6-16(15)24-4/h5-9H,10H2,1-4H3,(H,19,21). The van der Waals surface area contributed by atoms with Gasteiger partial charge in [-0.25, -0.2) is 0 Å². The van der Waals surface area contributed by atoms with Gasteiger partial charge in [-0.05, 0) is 49.6 Å². The summed E-state index contributed by atoms with van der Waals surface area (Å²) in [6.45, 7) is 5.67. The first-order chi connectivity index (χ1) is 11.8. The molecular formula is C18H20N2O5. The fraction of sp³-hybridized carbons (Fsp3) is 0.278. The molecule has 0 aliphatic rings. The number of methoxy groups -OCH3 is 1. The van der Waals surface area contributed by atoms with Gasteiger partial charge in [0.1, 0.15) is 11.5 Å². The fourth-order valence-corrected chi connectivity index (χ4v) is 2.33. The molecule has 132 valence electrons. The van der Waals surface area contributed by atoms with Crippen molar-refractivity contribution in [1.29, 1.82) is 0 Å². The molecule has 0 aliphatic carbocycles. The zero-order valence-corrected chi connectivity index (χ0v) is 14.6. The summed E-state index contributed by atoms with van der Waals surface area (Å²) in [5, 5.41) is 13.5. The summed E-state index contributed by atoms with van der Waals surface area (Å²) < 4.78 is 10.7. The van der Waals surface area contributed by atoms with Gasteiger partial charge in [0.15, 0.2) is 6.61 Å². The lowest BCUT2D eigenvalue weighted by atomic mass is 10.1. The maximum absolute atomic E-state index is 12.1. The summed E-state index contributed by atoms with van der Waals surface area (Å²) in [5.41, 5.74) is 3.24. The number of nitro benzene ring substituents is 1. The van der Waals surface area contributed by atoms with E-state index in [1.54, 1.807) is 0 Å². The quantitative estimate of drug-likeness (QED) is 0.639. The highest BCUT2D eigenvalue weighted by Crippen LogP contribution is 2.29. The third-order valence-corrected chi connectivity index (χ3v) is 3.82. The minimum Gasteiger partial charge on any atom is -0.495 e. The monoisotopic (exact) mass is 344 g/mol. The average Bonchev–Trinajstić information content (AvgIpc) is 2.56. The van der Waals surface area contributed by atoms with E-state index in [-0.39, 0.29) is 18.0 Å². The van der Waals surface area contributed by atoms with E-state index in [1.165, 1.54) is 25.3 Å². The van der Waals surface area contributed by atoms with Crippen LogP contribution in [-0.2, 0) is 4.79 Å². The van der Waals surface area contributed by atoms with Gasteiger partial charge in [-0.3, -0.25) is 14.9 Å². The van der Waals surface area contributed by atoms with E-state index >= 15 is 0 Å². The number of nitro groups is 1. The highest BCUT2D eigenvalue weighted by atomic mass is 16.6. The normalized spacial score (nSPS) is 10.2. The average molecular weight is 344 g/mol. The third-order valence-electron chi connectivity index (χ3n) is 3.82. The molecule has 1 amide bonds. The number of carbonyl (C=O) groups excluding carboxylic acids is 1. The molecule has 1 N–H and O–H groups in total. The van der Waals surface area contributed by atoms with Gasteiger partial charge in [-0.2, -0.15) is 0 Å². The lowest BCUT2D eigenvalue weighted by molar-refractivity contribution is -0.384. The van der Waals surface area contributed by atoms with Crippen LogP contribution in [0.1, 0.15) is 16.7 Å². The van der Waals surface area contributed by atoms with Gasteiger partial charge in [0.25, 0.3) is 11.6 Å². The summed E-state index contributed by atoms with van der Waals surface area (Å²) in [4.78, 5) is 22.5. The molecule has 0 fully saturated rings. The first-order valence-corrected chi connectivity index (χ1v) is 7.64. The minimum absolute atomic E-state index is 0.137. The Hall–Kier alpha value is -3.09. The third kappa shape index (κ3) is 4.47. The molecule has 0 aromatic heterocycles. The zero-order valence-electron chi connectivity index (χ0n) is 14.6. The van der Waals surface area contributed by atoms with Crippen molar-refractivity contribution in [3.05, 3.63) is 57.1 Å². The second-order valence-electron chi connectivity index (χ2n) is 5.68. The van der Waals surface area contributed by atoms with Crippen LogP contribution in [0.5, 0.6) is 11.5 Å². The number of anilines is 1. The number of hydrogen-bond acceptors (Lipinski definition) is 5. The number of benzene rings is 2. The number of carbonyl (C=O) groups is 1. The van der Waals surface area contributed by atoms with Crippen LogP contribution in [0.25, 0.3) is 0 Å². The van der Waals surface area contributed by atoms with E-state index in [1.807, 2.05) is 32.9 Å². The van der Waals surface area contributed by atoms with Crippen molar-refractivity contribution >= 4 is 17.3 Å². The molecule has 0 saturated heterocycles. The molecule has 0 atom stereocenters. The van der Waals surface area contributed by atoms with Crippen LogP contribution in [0, 0.1) is 30.9 Å². The van der Waals surface area contributed by atoms with Crippen molar-refractivity contribution in [3.63, 3.8) is 0 Å². The van der Waals surface area contributed by atoms with E-state index in [4.69, 9.17) is 9.47 Å². The highest BCUT2D eigenvalue weighted by molar-refractivity contribution is 5.93. The van der Waals surface area contributed by atoms with E-state index in [0.717, 1.165) is 16.7 Å². The summed E-state index contributed by atoms with van der Waals surface area (Å²) in [5.74, 6) is 0.530.